The Kier molecular flexibility index (Phi) is 5.47. The van der Waals surface area contributed by atoms with Crippen molar-refractivity contribution in [3.05, 3.63) is 40.1 Å². The maximum absolute atomic E-state index is 8.88. The van der Waals surface area contributed by atoms with Crippen LogP contribution in [0.4, 0.5) is 5.69 Å². The van der Waals surface area contributed by atoms with Crippen molar-refractivity contribution in [3.63, 3.8) is 0 Å². The van der Waals surface area contributed by atoms with E-state index < -0.39 is 0 Å². The Morgan fingerprint density at radius 3 is 2.67 bits per heavy atom. The van der Waals surface area contributed by atoms with Gasteiger partial charge >= 0.3 is 0 Å². The highest BCUT2D eigenvalue weighted by atomic mass is 32.1. The van der Waals surface area contributed by atoms with Crippen LogP contribution >= 0.6 is 11.3 Å². The van der Waals surface area contributed by atoms with E-state index in [1.807, 2.05) is 18.2 Å². The van der Waals surface area contributed by atoms with E-state index in [9.17, 15) is 0 Å². The standard InChI is InChI=1S/C16H21NO3S/c1-11-4-7-16(21-11)12(2)17-13-5-6-14(19-3)15(10-13)20-9-8-18/h4-7,10,12,17-18H,8-9H2,1-3H3. The number of anilines is 1. The van der Waals surface area contributed by atoms with Gasteiger partial charge in [0.25, 0.3) is 0 Å². The number of hydrogen-bond donors (Lipinski definition) is 2. The summed E-state index contributed by atoms with van der Waals surface area (Å²) in [5.74, 6) is 1.29. The van der Waals surface area contributed by atoms with E-state index in [1.165, 1.54) is 9.75 Å². The largest absolute Gasteiger partial charge is 0.493 e. The van der Waals surface area contributed by atoms with Gasteiger partial charge in [-0.15, -0.1) is 11.3 Å². The number of hydrogen-bond acceptors (Lipinski definition) is 5. The summed E-state index contributed by atoms with van der Waals surface area (Å²) in [7, 11) is 1.60. The highest BCUT2D eigenvalue weighted by Crippen LogP contribution is 2.32. The molecule has 1 atom stereocenters. The van der Waals surface area contributed by atoms with Crippen LogP contribution in [0.1, 0.15) is 22.7 Å². The Labute approximate surface area is 129 Å². The quantitative estimate of drug-likeness (QED) is 0.820. The predicted octanol–water partition coefficient (Wildman–Crippen LogP) is 3.61. The van der Waals surface area contributed by atoms with Crippen LogP contribution in [0.15, 0.2) is 30.3 Å². The molecule has 1 aromatic carbocycles. The number of aliphatic hydroxyl groups is 1. The average Bonchev–Trinajstić information content (AvgIpc) is 2.92. The third kappa shape index (κ3) is 4.12. The van der Waals surface area contributed by atoms with Crippen LogP contribution in [0.2, 0.25) is 0 Å². The van der Waals surface area contributed by atoms with Gasteiger partial charge in [-0.3, -0.25) is 0 Å². The molecule has 21 heavy (non-hydrogen) atoms. The number of ether oxygens (including phenoxy) is 2. The van der Waals surface area contributed by atoms with Crippen molar-refractivity contribution in [3.8, 4) is 11.5 Å². The van der Waals surface area contributed by atoms with E-state index in [2.05, 4.69) is 31.3 Å². The molecule has 0 fully saturated rings. The number of aryl methyl sites for hydroxylation is 1. The van der Waals surface area contributed by atoms with Gasteiger partial charge in [0.1, 0.15) is 6.61 Å². The maximum atomic E-state index is 8.88. The van der Waals surface area contributed by atoms with Crippen LogP contribution in [0.3, 0.4) is 0 Å². The molecule has 0 bridgehead atoms. The van der Waals surface area contributed by atoms with Gasteiger partial charge in [0.2, 0.25) is 0 Å². The Bertz CT molecular complexity index is 583. The van der Waals surface area contributed by atoms with Crippen molar-refractivity contribution in [1.82, 2.24) is 0 Å². The fraction of sp³-hybridized carbons (Fsp3) is 0.375. The minimum Gasteiger partial charge on any atom is -0.493 e. The predicted molar refractivity (Wildman–Crippen MR) is 86.7 cm³/mol. The summed E-state index contributed by atoms with van der Waals surface area (Å²) in [6.07, 6.45) is 0. The van der Waals surface area contributed by atoms with Gasteiger partial charge in [-0.2, -0.15) is 0 Å². The molecule has 0 amide bonds. The van der Waals surface area contributed by atoms with Crippen molar-refractivity contribution in [2.24, 2.45) is 0 Å². The van der Waals surface area contributed by atoms with Gasteiger partial charge in [-0.1, -0.05) is 0 Å². The van der Waals surface area contributed by atoms with Gasteiger partial charge in [-0.05, 0) is 38.1 Å². The first-order valence-electron chi connectivity index (χ1n) is 6.88. The Morgan fingerprint density at radius 1 is 1.24 bits per heavy atom. The molecule has 1 heterocycles. The summed E-state index contributed by atoms with van der Waals surface area (Å²) >= 11 is 1.79. The molecule has 0 spiro atoms. The number of rotatable bonds is 7. The van der Waals surface area contributed by atoms with Crippen molar-refractivity contribution in [2.75, 3.05) is 25.6 Å². The summed E-state index contributed by atoms with van der Waals surface area (Å²) in [6, 6.07) is 10.2. The zero-order chi connectivity index (χ0) is 15.2. The fourth-order valence-corrected chi connectivity index (χ4v) is 2.92. The fourth-order valence-electron chi connectivity index (χ4n) is 2.04. The van der Waals surface area contributed by atoms with Crippen molar-refractivity contribution < 1.29 is 14.6 Å². The summed E-state index contributed by atoms with van der Waals surface area (Å²) < 4.78 is 10.8. The number of thiophene rings is 1. The number of aliphatic hydroxyl groups excluding tert-OH is 1. The molecule has 0 saturated carbocycles. The monoisotopic (exact) mass is 307 g/mol. The van der Waals surface area contributed by atoms with Crippen LogP contribution in [0, 0.1) is 6.92 Å². The molecule has 0 radical (unpaired) electrons. The van der Waals surface area contributed by atoms with Crippen LogP contribution in [-0.2, 0) is 0 Å². The Hall–Kier alpha value is -1.72. The lowest BCUT2D eigenvalue weighted by Gasteiger charge is -2.16. The first-order valence-corrected chi connectivity index (χ1v) is 7.70. The molecule has 2 aromatic rings. The van der Waals surface area contributed by atoms with Crippen LogP contribution in [0.5, 0.6) is 11.5 Å². The van der Waals surface area contributed by atoms with Gasteiger partial charge in [0, 0.05) is 21.5 Å². The number of methoxy groups -OCH3 is 1. The van der Waals surface area contributed by atoms with E-state index in [-0.39, 0.29) is 19.3 Å². The Morgan fingerprint density at radius 2 is 2.05 bits per heavy atom. The van der Waals surface area contributed by atoms with E-state index in [4.69, 9.17) is 14.6 Å². The van der Waals surface area contributed by atoms with Crippen molar-refractivity contribution in [1.29, 1.82) is 0 Å². The molecular weight excluding hydrogens is 286 g/mol. The molecule has 2 N–H and O–H groups in total. The minimum absolute atomic E-state index is 0.0221. The normalized spacial score (nSPS) is 12.0. The van der Waals surface area contributed by atoms with E-state index in [0.717, 1.165) is 5.69 Å². The summed E-state index contributed by atoms with van der Waals surface area (Å²) in [4.78, 5) is 2.60. The number of nitrogens with one attached hydrogen (secondary N) is 1. The molecule has 2 rings (SSSR count). The zero-order valence-electron chi connectivity index (χ0n) is 12.6. The van der Waals surface area contributed by atoms with Crippen molar-refractivity contribution in [2.45, 2.75) is 19.9 Å². The average molecular weight is 307 g/mol. The highest BCUT2D eigenvalue weighted by molar-refractivity contribution is 7.12. The smallest absolute Gasteiger partial charge is 0.163 e. The SMILES string of the molecule is COc1ccc(NC(C)c2ccc(C)s2)cc1OCCO. The second-order valence-corrected chi connectivity index (χ2v) is 6.07. The van der Waals surface area contributed by atoms with E-state index in [0.29, 0.717) is 11.5 Å². The molecule has 1 unspecified atom stereocenters. The zero-order valence-corrected chi connectivity index (χ0v) is 13.4. The summed E-state index contributed by atoms with van der Waals surface area (Å²) in [5, 5.41) is 12.3. The lowest BCUT2D eigenvalue weighted by Crippen LogP contribution is -2.06. The van der Waals surface area contributed by atoms with E-state index >= 15 is 0 Å². The summed E-state index contributed by atoms with van der Waals surface area (Å²) in [6.45, 7) is 4.46. The molecule has 0 aliphatic heterocycles. The van der Waals surface area contributed by atoms with Crippen LogP contribution in [-0.4, -0.2) is 25.4 Å². The van der Waals surface area contributed by atoms with Gasteiger partial charge in [-0.25, -0.2) is 0 Å². The highest BCUT2D eigenvalue weighted by Gasteiger charge is 2.10. The summed E-state index contributed by atoms with van der Waals surface area (Å²) in [5.41, 5.74) is 0.960. The van der Waals surface area contributed by atoms with Gasteiger partial charge < -0.3 is 19.9 Å². The molecule has 5 heteroatoms. The first-order chi connectivity index (χ1) is 10.1. The third-order valence-electron chi connectivity index (χ3n) is 3.08. The molecule has 114 valence electrons. The molecule has 0 aliphatic rings. The molecular formula is C16H21NO3S. The van der Waals surface area contributed by atoms with Gasteiger partial charge in [0.15, 0.2) is 11.5 Å². The van der Waals surface area contributed by atoms with Crippen LogP contribution < -0.4 is 14.8 Å². The lowest BCUT2D eigenvalue weighted by molar-refractivity contribution is 0.196. The topological polar surface area (TPSA) is 50.7 Å². The minimum atomic E-state index is -0.0221. The molecule has 1 aromatic heterocycles. The van der Waals surface area contributed by atoms with E-state index in [1.54, 1.807) is 18.4 Å². The Balaban J connectivity index is 2.12. The first kappa shape index (κ1) is 15.7. The van der Waals surface area contributed by atoms with Crippen LogP contribution in [0.25, 0.3) is 0 Å². The third-order valence-corrected chi connectivity index (χ3v) is 4.27. The van der Waals surface area contributed by atoms with Gasteiger partial charge in [0.05, 0.1) is 19.8 Å². The molecule has 4 nitrogen and oxygen atoms in total. The van der Waals surface area contributed by atoms with Crippen molar-refractivity contribution >= 4 is 17.0 Å². The maximum Gasteiger partial charge on any atom is 0.163 e. The number of benzene rings is 1. The second-order valence-electron chi connectivity index (χ2n) is 4.75. The molecule has 0 aliphatic carbocycles. The second kappa shape index (κ2) is 7.33. The lowest BCUT2D eigenvalue weighted by atomic mass is 10.2. The molecule has 0 saturated heterocycles.